The summed E-state index contributed by atoms with van der Waals surface area (Å²) in [6, 6.07) is 16.5. The molecule has 0 aromatic heterocycles. The van der Waals surface area contributed by atoms with E-state index in [-0.39, 0.29) is 0 Å². The van der Waals surface area contributed by atoms with Crippen molar-refractivity contribution in [2.24, 2.45) is 0 Å². The Labute approximate surface area is 121 Å². The van der Waals surface area contributed by atoms with Crippen LogP contribution in [-0.4, -0.2) is 18.9 Å². The van der Waals surface area contributed by atoms with Crippen LogP contribution >= 0.6 is 11.8 Å². The number of halogens is 2. The summed E-state index contributed by atoms with van der Waals surface area (Å²) < 4.78 is 29.9. The molecule has 0 amide bonds. The SMILES string of the molecule is FC(F)Sc1ccc(NCCOc2ccccc2)cc1. The number of thioether (sulfide) groups is 1. The first-order chi connectivity index (χ1) is 9.74. The topological polar surface area (TPSA) is 21.3 Å². The molecule has 20 heavy (non-hydrogen) atoms. The summed E-state index contributed by atoms with van der Waals surface area (Å²) in [7, 11) is 0. The van der Waals surface area contributed by atoms with Gasteiger partial charge in [-0.1, -0.05) is 30.0 Å². The number of ether oxygens (including phenoxy) is 1. The Hall–Kier alpha value is -1.75. The maximum absolute atomic E-state index is 12.2. The molecule has 2 aromatic rings. The van der Waals surface area contributed by atoms with E-state index in [0.29, 0.717) is 29.8 Å². The molecule has 106 valence electrons. The van der Waals surface area contributed by atoms with Crippen molar-refractivity contribution in [2.45, 2.75) is 10.7 Å². The van der Waals surface area contributed by atoms with Crippen molar-refractivity contribution in [3.05, 3.63) is 54.6 Å². The Balaban J connectivity index is 1.71. The van der Waals surface area contributed by atoms with Crippen LogP contribution in [0.4, 0.5) is 14.5 Å². The number of para-hydroxylation sites is 1. The molecule has 0 fully saturated rings. The lowest BCUT2D eigenvalue weighted by atomic mass is 10.3. The van der Waals surface area contributed by atoms with Gasteiger partial charge in [-0.2, -0.15) is 8.78 Å². The van der Waals surface area contributed by atoms with E-state index in [2.05, 4.69) is 5.32 Å². The second kappa shape index (κ2) is 7.75. The van der Waals surface area contributed by atoms with Crippen LogP contribution in [0.1, 0.15) is 0 Å². The molecule has 0 aliphatic carbocycles. The first kappa shape index (κ1) is 14.7. The van der Waals surface area contributed by atoms with E-state index >= 15 is 0 Å². The number of alkyl halides is 2. The first-order valence-corrected chi connectivity index (χ1v) is 7.08. The van der Waals surface area contributed by atoms with Crippen molar-refractivity contribution in [3.8, 4) is 5.75 Å². The zero-order valence-electron chi connectivity index (χ0n) is 10.8. The van der Waals surface area contributed by atoms with E-state index in [1.54, 1.807) is 24.3 Å². The second-order valence-electron chi connectivity index (χ2n) is 3.99. The molecule has 2 nitrogen and oxygen atoms in total. The largest absolute Gasteiger partial charge is 0.492 e. The van der Waals surface area contributed by atoms with Crippen LogP contribution < -0.4 is 10.1 Å². The summed E-state index contributed by atoms with van der Waals surface area (Å²) in [4.78, 5) is 0.561. The third kappa shape index (κ3) is 5.09. The lowest BCUT2D eigenvalue weighted by molar-refractivity contribution is 0.252. The van der Waals surface area contributed by atoms with Gasteiger partial charge in [0.25, 0.3) is 5.76 Å². The number of hydrogen-bond donors (Lipinski definition) is 1. The second-order valence-corrected chi connectivity index (χ2v) is 5.05. The molecule has 0 spiro atoms. The van der Waals surface area contributed by atoms with Gasteiger partial charge in [0.1, 0.15) is 12.4 Å². The molecule has 0 atom stereocenters. The van der Waals surface area contributed by atoms with Gasteiger partial charge in [0.15, 0.2) is 0 Å². The quantitative estimate of drug-likeness (QED) is 0.600. The minimum Gasteiger partial charge on any atom is -0.492 e. The summed E-state index contributed by atoms with van der Waals surface area (Å²) in [6.07, 6.45) is 0. The van der Waals surface area contributed by atoms with Gasteiger partial charge in [-0.05, 0) is 36.4 Å². The Morgan fingerprint density at radius 1 is 1.00 bits per heavy atom. The van der Waals surface area contributed by atoms with Crippen molar-refractivity contribution in [1.82, 2.24) is 0 Å². The molecule has 0 aliphatic rings. The van der Waals surface area contributed by atoms with Crippen molar-refractivity contribution >= 4 is 17.4 Å². The third-order valence-corrected chi connectivity index (χ3v) is 3.25. The van der Waals surface area contributed by atoms with Gasteiger partial charge in [-0.15, -0.1) is 0 Å². The highest BCUT2D eigenvalue weighted by atomic mass is 32.2. The van der Waals surface area contributed by atoms with E-state index < -0.39 is 5.76 Å². The van der Waals surface area contributed by atoms with Gasteiger partial charge in [0.2, 0.25) is 0 Å². The number of nitrogens with one attached hydrogen (secondary N) is 1. The zero-order valence-corrected chi connectivity index (χ0v) is 11.6. The van der Waals surface area contributed by atoms with Gasteiger partial charge >= 0.3 is 0 Å². The maximum atomic E-state index is 12.2. The van der Waals surface area contributed by atoms with Crippen LogP contribution in [0.25, 0.3) is 0 Å². The van der Waals surface area contributed by atoms with Gasteiger partial charge in [0.05, 0.1) is 0 Å². The molecular formula is C15H15F2NOS. The summed E-state index contributed by atoms with van der Waals surface area (Å²) in [5, 5.41) is 3.17. The molecule has 0 saturated heterocycles. The molecule has 0 unspecified atom stereocenters. The lowest BCUT2D eigenvalue weighted by Gasteiger charge is -2.09. The Bertz CT molecular complexity index is 505. The smallest absolute Gasteiger partial charge is 0.288 e. The van der Waals surface area contributed by atoms with Gasteiger partial charge in [-0.3, -0.25) is 0 Å². The minimum atomic E-state index is -2.38. The third-order valence-electron chi connectivity index (χ3n) is 2.52. The standard InChI is InChI=1S/C15H15F2NOS/c16-15(17)20-14-8-6-12(7-9-14)18-10-11-19-13-4-2-1-3-5-13/h1-9,15,18H,10-11H2. The Kier molecular flexibility index (Phi) is 5.68. The number of hydrogen-bond acceptors (Lipinski definition) is 3. The van der Waals surface area contributed by atoms with Crippen LogP contribution in [-0.2, 0) is 0 Å². The number of benzene rings is 2. The highest BCUT2D eigenvalue weighted by Crippen LogP contribution is 2.26. The van der Waals surface area contributed by atoms with Gasteiger partial charge in [0, 0.05) is 17.1 Å². The molecule has 2 rings (SSSR count). The fourth-order valence-corrected chi connectivity index (χ4v) is 2.13. The highest BCUT2D eigenvalue weighted by Gasteiger charge is 2.04. The molecule has 0 aliphatic heterocycles. The van der Waals surface area contributed by atoms with Crippen LogP contribution in [0.5, 0.6) is 5.75 Å². The highest BCUT2D eigenvalue weighted by molar-refractivity contribution is 7.99. The monoisotopic (exact) mass is 295 g/mol. The molecule has 2 aromatic carbocycles. The van der Waals surface area contributed by atoms with Crippen LogP contribution in [0.15, 0.2) is 59.5 Å². The van der Waals surface area contributed by atoms with Crippen molar-refractivity contribution in [1.29, 1.82) is 0 Å². The average Bonchev–Trinajstić information content (AvgIpc) is 2.46. The predicted octanol–water partition coefficient (Wildman–Crippen LogP) is 4.49. The Morgan fingerprint density at radius 2 is 1.70 bits per heavy atom. The maximum Gasteiger partial charge on any atom is 0.288 e. The van der Waals surface area contributed by atoms with Crippen molar-refractivity contribution in [3.63, 3.8) is 0 Å². The number of rotatable bonds is 7. The predicted molar refractivity (Wildman–Crippen MR) is 78.7 cm³/mol. The molecule has 0 saturated carbocycles. The van der Waals surface area contributed by atoms with Crippen molar-refractivity contribution in [2.75, 3.05) is 18.5 Å². The summed E-state index contributed by atoms with van der Waals surface area (Å²) in [5.41, 5.74) is 0.889. The van der Waals surface area contributed by atoms with Gasteiger partial charge < -0.3 is 10.1 Å². The van der Waals surface area contributed by atoms with E-state index in [9.17, 15) is 8.78 Å². The zero-order chi connectivity index (χ0) is 14.2. The van der Waals surface area contributed by atoms with Gasteiger partial charge in [-0.25, -0.2) is 0 Å². The molecule has 0 bridgehead atoms. The fourth-order valence-electron chi connectivity index (χ4n) is 1.64. The van der Waals surface area contributed by atoms with Crippen molar-refractivity contribution < 1.29 is 13.5 Å². The minimum absolute atomic E-state index is 0.539. The lowest BCUT2D eigenvalue weighted by Crippen LogP contribution is -2.11. The normalized spacial score (nSPS) is 10.6. The van der Waals surface area contributed by atoms with Crippen LogP contribution in [0.2, 0.25) is 0 Å². The summed E-state index contributed by atoms with van der Waals surface area (Å²) in [6.45, 7) is 1.19. The molecule has 1 N–H and O–H groups in total. The summed E-state index contributed by atoms with van der Waals surface area (Å²) in [5.74, 6) is -1.55. The van der Waals surface area contributed by atoms with E-state index in [1.165, 1.54) is 0 Å². The fraction of sp³-hybridized carbons (Fsp3) is 0.200. The number of anilines is 1. The molecule has 5 heteroatoms. The molecule has 0 radical (unpaired) electrons. The first-order valence-electron chi connectivity index (χ1n) is 6.20. The Morgan fingerprint density at radius 3 is 2.35 bits per heavy atom. The van der Waals surface area contributed by atoms with Crippen LogP contribution in [0.3, 0.4) is 0 Å². The molecule has 0 heterocycles. The average molecular weight is 295 g/mol. The van der Waals surface area contributed by atoms with E-state index in [4.69, 9.17) is 4.74 Å². The van der Waals surface area contributed by atoms with E-state index in [0.717, 1.165) is 11.4 Å². The van der Waals surface area contributed by atoms with Crippen LogP contribution in [0, 0.1) is 0 Å². The summed E-state index contributed by atoms with van der Waals surface area (Å²) >= 11 is 0.547. The van der Waals surface area contributed by atoms with E-state index in [1.807, 2.05) is 30.3 Å². The molecular weight excluding hydrogens is 280 g/mol.